The van der Waals surface area contributed by atoms with E-state index in [0.717, 1.165) is 42.4 Å². The largest absolute Gasteiger partial charge is 0.353 e. The van der Waals surface area contributed by atoms with Crippen molar-refractivity contribution in [2.75, 3.05) is 37.0 Å². The minimum Gasteiger partial charge on any atom is -0.353 e. The van der Waals surface area contributed by atoms with Crippen molar-refractivity contribution in [3.05, 3.63) is 58.1 Å². The zero-order chi connectivity index (χ0) is 21.4. The van der Waals surface area contributed by atoms with E-state index in [1.54, 1.807) is 0 Å². The first-order valence-electron chi connectivity index (χ1n) is 10.7. The fraction of sp³-hybridized carbons (Fsp3) is 0.500. The van der Waals surface area contributed by atoms with Gasteiger partial charge < -0.3 is 10.2 Å². The number of thioether (sulfide) groups is 1. The molecule has 1 fully saturated rings. The van der Waals surface area contributed by atoms with Gasteiger partial charge in [0.2, 0.25) is 0 Å². The number of hydrogen-bond donors (Lipinski definition) is 2. The maximum atomic E-state index is 6.33. The van der Waals surface area contributed by atoms with Crippen LogP contribution in [0.1, 0.15) is 37.7 Å². The van der Waals surface area contributed by atoms with Crippen LogP contribution < -0.4 is 5.32 Å². The summed E-state index contributed by atoms with van der Waals surface area (Å²) in [6, 6.07) is 14.0. The Labute approximate surface area is 201 Å². The van der Waals surface area contributed by atoms with Crippen molar-refractivity contribution in [2.45, 2.75) is 43.3 Å². The minimum absolute atomic E-state index is 0.224. The average molecular weight is 484 g/mol. The van der Waals surface area contributed by atoms with Crippen molar-refractivity contribution < 1.29 is 0 Å². The highest BCUT2D eigenvalue weighted by Crippen LogP contribution is 2.35. The van der Waals surface area contributed by atoms with Crippen LogP contribution in [0.2, 0.25) is 10.0 Å². The number of para-hydroxylation sites is 2. The normalized spacial score (nSPS) is 16.0. The van der Waals surface area contributed by atoms with Crippen LogP contribution in [0.5, 0.6) is 0 Å². The summed E-state index contributed by atoms with van der Waals surface area (Å²) in [6.45, 7) is 2.21. The van der Waals surface area contributed by atoms with Gasteiger partial charge in [0, 0.05) is 29.3 Å². The van der Waals surface area contributed by atoms with Crippen LogP contribution in [0, 0.1) is 0 Å². The summed E-state index contributed by atoms with van der Waals surface area (Å²) in [5, 5.41) is 4.70. The number of nitrogens with zero attached hydrogens (tertiary/aromatic N) is 1. The lowest BCUT2D eigenvalue weighted by molar-refractivity contribution is 0.270. The molecular formula is C24H32Cl2N2S2. The summed E-state index contributed by atoms with van der Waals surface area (Å²) in [5.41, 5.74) is 3.12. The summed E-state index contributed by atoms with van der Waals surface area (Å²) in [7, 11) is 2.24. The molecule has 30 heavy (non-hydrogen) atoms. The molecule has 2 aromatic rings. The Balaban J connectivity index is 1.44. The molecule has 2 nitrogen and oxygen atoms in total. The van der Waals surface area contributed by atoms with Gasteiger partial charge in [-0.1, -0.05) is 66.7 Å². The summed E-state index contributed by atoms with van der Waals surface area (Å²) in [4.78, 5) is 2.46. The maximum Gasteiger partial charge on any atom is 0.0762 e. The van der Waals surface area contributed by atoms with Crippen LogP contribution in [0.15, 0.2) is 42.5 Å². The van der Waals surface area contributed by atoms with Gasteiger partial charge in [0.15, 0.2) is 0 Å². The molecule has 0 aromatic heterocycles. The molecule has 0 atom stereocenters. The number of benzene rings is 2. The Hall–Kier alpha value is -0.520. The summed E-state index contributed by atoms with van der Waals surface area (Å²) in [5.74, 6) is 2.24. The van der Waals surface area contributed by atoms with Crippen LogP contribution in [0.25, 0.3) is 0 Å². The maximum absolute atomic E-state index is 6.33. The predicted molar refractivity (Wildman–Crippen MR) is 140 cm³/mol. The molecule has 1 saturated carbocycles. The van der Waals surface area contributed by atoms with Gasteiger partial charge in [-0.2, -0.15) is 24.4 Å². The van der Waals surface area contributed by atoms with Gasteiger partial charge in [-0.05, 0) is 55.8 Å². The molecule has 1 N–H and O–H groups in total. The van der Waals surface area contributed by atoms with E-state index in [1.807, 2.05) is 36.0 Å². The van der Waals surface area contributed by atoms with Gasteiger partial charge in [0.25, 0.3) is 0 Å². The second kappa shape index (κ2) is 11.9. The van der Waals surface area contributed by atoms with Gasteiger partial charge in [-0.25, -0.2) is 0 Å². The number of hydrogen-bond acceptors (Lipinski definition) is 4. The molecule has 2 aromatic carbocycles. The van der Waals surface area contributed by atoms with Gasteiger partial charge >= 0.3 is 0 Å². The average Bonchev–Trinajstić information content (AvgIpc) is 2.71. The van der Waals surface area contributed by atoms with E-state index in [9.17, 15) is 0 Å². The smallest absolute Gasteiger partial charge is 0.0762 e. The lowest BCUT2D eigenvalue weighted by Gasteiger charge is -2.36. The molecule has 1 aliphatic rings. The fourth-order valence-electron chi connectivity index (χ4n) is 4.07. The monoisotopic (exact) mass is 482 g/mol. The first-order chi connectivity index (χ1) is 14.5. The summed E-state index contributed by atoms with van der Waals surface area (Å²) >= 11 is 19.7. The van der Waals surface area contributed by atoms with Crippen molar-refractivity contribution in [3.63, 3.8) is 0 Å². The van der Waals surface area contributed by atoms with Crippen molar-refractivity contribution in [1.29, 1.82) is 0 Å². The second-order valence-electron chi connectivity index (χ2n) is 8.26. The highest BCUT2D eigenvalue weighted by Gasteiger charge is 2.28. The number of aryl methyl sites for hydroxylation is 1. The van der Waals surface area contributed by atoms with E-state index < -0.39 is 0 Å². The lowest BCUT2D eigenvalue weighted by Crippen LogP contribution is -2.39. The molecule has 0 radical (unpaired) electrons. The number of thiol groups is 1. The minimum atomic E-state index is 0.224. The van der Waals surface area contributed by atoms with Crippen LogP contribution in [-0.4, -0.2) is 41.3 Å². The van der Waals surface area contributed by atoms with Gasteiger partial charge in [0.1, 0.15) is 0 Å². The van der Waals surface area contributed by atoms with Crippen LogP contribution in [0.4, 0.5) is 11.4 Å². The van der Waals surface area contributed by atoms with Crippen LogP contribution in [-0.2, 0) is 6.42 Å². The third-order valence-corrected chi connectivity index (χ3v) is 7.90. The molecule has 0 saturated heterocycles. The van der Waals surface area contributed by atoms with Crippen molar-refractivity contribution >= 4 is 59.0 Å². The van der Waals surface area contributed by atoms with E-state index in [4.69, 9.17) is 35.8 Å². The Bertz CT molecular complexity index is 789. The number of rotatable bonds is 10. The van der Waals surface area contributed by atoms with Crippen molar-refractivity contribution in [3.8, 4) is 0 Å². The molecule has 1 aliphatic carbocycles. The SMILES string of the molecule is CN(CCSCCc1ccccc1Nc1c(Cl)cccc1Cl)CC1(S)CCCCC1. The third kappa shape index (κ3) is 7.27. The fourth-order valence-corrected chi connectivity index (χ4v) is 6.12. The molecule has 3 rings (SSSR count). The van der Waals surface area contributed by atoms with E-state index in [-0.39, 0.29) is 4.75 Å². The van der Waals surface area contributed by atoms with Gasteiger partial charge in [0.05, 0.1) is 15.7 Å². The molecule has 164 valence electrons. The molecule has 0 spiro atoms. The van der Waals surface area contributed by atoms with Crippen LogP contribution >= 0.6 is 47.6 Å². The first-order valence-corrected chi connectivity index (χ1v) is 13.1. The standard InChI is InChI=1S/C24H32Cl2N2S2/c1-28(18-24(29)13-5-2-6-14-24)15-17-30-16-12-19-8-3-4-11-22(19)27-23-20(25)9-7-10-21(23)26/h3-4,7-11,27,29H,2,5-6,12-18H2,1H3. The summed E-state index contributed by atoms with van der Waals surface area (Å²) in [6.07, 6.45) is 7.56. The summed E-state index contributed by atoms with van der Waals surface area (Å²) < 4.78 is 0.224. The molecule has 0 unspecified atom stereocenters. The van der Waals surface area contributed by atoms with Crippen LogP contribution in [0.3, 0.4) is 0 Å². The number of nitrogens with one attached hydrogen (secondary N) is 1. The third-order valence-electron chi connectivity index (χ3n) is 5.72. The Morgan fingerprint density at radius 1 is 1.00 bits per heavy atom. The van der Waals surface area contributed by atoms with E-state index in [1.165, 1.54) is 37.7 Å². The zero-order valence-corrected chi connectivity index (χ0v) is 20.9. The lowest BCUT2D eigenvalue weighted by atomic mass is 9.88. The second-order valence-corrected chi connectivity index (χ2v) is 11.3. The zero-order valence-electron chi connectivity index (χ0n) is 17.7. The number of anilines is 2. The van der Waals surface area contributed by atoms with E-state index in [0.29, 0.717) is 10.0 Å². The molecule has 0 heterocycles. The van der Waals surface area contributed by atoms with E-state index >= 15 is 0 Å². The Morgan fingerprint density at radius 3 is 2.43 bits per heavy atom. The molecular weight excluding hydrogens is 451 g/mol. The van der Waals surface area contributed by atoms with Crippen molar-refractivity contribution in [1.82, 2.24) is 4.90 Å². The highest BCUT2D eigenvalue weighted by molar-refractivity contribution is 7.99. The predicted octanol–water partition coefficient (Wildman–Crippen LogP) is 7.58. The van der Waals surface area contributed by atoms with Gasteiger partial charge in [-0.3, -0.25) is 0 Å². The quantitative estimate of drug-likeness (QED) is 0.268. The number of halogens is 2. The highest BCUT2D eigenvalue weighted by atomic mass is 35.5. The molecule has 6 heteroatoms. The Kier molecular flexibility index (Phi) is 9.59. The first kappa shape index (κ1) is 24.1. The Morgan fingerprint density at radius 2 is 1.70 bits per heavy atom. The molecule has 0 aliphatic heterocycles. The van der Waals surface area contributed by atoms with Crippen molar-refractivity contribution in [2.24, 2.45) is 0 Å². The topological polar surface area (TPSA) is 15.3 Å². The molecule has 0 bridgehead atoms. The van der Waals surface area contributed by atoms with E-state index in [2.05, 4.69) is 35.5 Å². The molecule has 0 amide bonds. The van der Waals surface area contributed by atoms with Gasteiger partial charge in [-0.15, -0.1) is 0 Å².